The molecule has 9 heteroatoms. The number of hydrogen-bond donors (Lipinski definition) is 0. The van der Waals surface area contributed by atoms with E-state index in [2.05, 4.69) is 20.1 Å². The van der Waals surface area contributed by atoms with Crippen molar-refractivity contribution < 1.29 is 9.13 Å². The molecule has 0 aromatic carbocycles. The minimum Gasteiger partial charge on any atom is -0.373 e. The van der Waals surface area contributed by atoms with Crippen molar-refractivity contribution in [1.82, 2.24) is 24.7 Å². The maximum Gasteiger partial charge on any atom is 0.225 e. The van der Waals surface area contributed by atoms with Gasteiger partial charge < -0.3 is 9.64 Å². The van der Waals surface area contributed by atoms with Crippen molar-refractivity contribution in [2.45, 2.75) is 26.1 Å². The SMILES string of the molecule is Cc1nc(COCC2CN(c3ncc(F)cn3)Cc3ccnn32)cs1. The van der Waals surface area contributed by atoms with Crippen LogP contribution in [0.25, 0.3) is 0 Å². The summed E-state index contributed by atoms with van der Waals surface area (Å²) in [5, 5.41) is 7.45. The summed E-state index contributed by atoms with van der Waals surface area (Å²) in [6.45, 7) is 4.24. The fourth-order valence-corrected chi connectivity index (χ4v) is 3.50. The molecule has 0 spiro atoms. The summed E-state index contributed by atoms with van der Waals surface area (Å²) in [4.78, 5) is 14.6. The van der Waals surface area contributed by atoms with Crippen LogP contribution >= 0.6 is 11.3 Å². The van der Waals surface area contributed by atoms with E-state index in [1.54, 1.807) is 17.5 Å². The zero-order valence-electron chi connectivity index (χ0n) is 13.7. The van der Waals surface area contributed by atoms with Crippen LogP contribution in [0.1, 0.15) is 22.4 Å². The molecule has 1 unspecified atom stereocenters. The third kappa shape index (κ3) is 3.52. The van der Waals surface area contributed by atoms with E-state index in [0.29, 0.717) is 32.3 Å². The Balaban J connectivity index is 1.46. The van der Waals surface area contributed by atoms with E-state index in [1.807, 2.05) is 28.0 Å². The van der Waals surface area contributed by atoms with Gasteiger partial charge in [-0.05, 0) is 13.0 Å². The average molecular weight is 360 g/mol. The number of halogens is 1. The summed E-state index contributed by atoms with van der Waals surface area (Å²) in [5.74, 6) is 0.0678. The second kappa shape index (κ2) is 6.85. The first kappa shape index (κ1) is 16.1. The third-order valence-electron chi connectivity index (χ3n) is 4.00. The summed E-state index contributed by atoms with van der Waals surface area (Å²) in [5.41, 5.74) is 2.00. The molecule has 0 N–H and O–H groups in total. The molecule has 3 aromatic heterocycles. The number of aromatic nitrogens is 5. The Morgan fingerprint density at radius 2 is 2.20 bits per heavy atom. The van der Waals surface area contributed by atoms with Gasteiger partial charge in [-0.1, -0.05) is 0 Å². The first-order valence-electron chi connectivity index (χ1n) is 7.92. The summed E-state index contributed by atoms with van der Waals surface area (Å²) in [6.07, 6.45) is 4.15. The summed E-state index contributed by atoms with van der Waals surface area (Å²) >= 11 is 1.62. The number of aryl methyl sites for hydroxylation is 1. The molecule has 3 aromatic rings. The molecule has 7 nitrogen and oxygen atoms in total. The van der Waals surface area contributed by atoms with Gasteiger partial charge in [0.05, 0.1) is 54.6 Å². The Bertz CT molecular complexity index is 848. The minimum atomic E-state index is -0.441. The van der Waals surface area contributed by atoms with Crippen molar-refractivity contribution in [2.75, 3.05) is 18.1 Å². The lowest BCUT2D eigenvalue weighted by Gasteiger charge is -2.33. The van der Waals surface area contributed by atoms with E-state index in [1.165, 1.54) is 12.4 Å². The van der Waals surface area contributed by atoms with Gasteiger partial charge in [-0.25, -0.2) is 19.3 Å². The maximum atomic E-state index is 13.1. The molecular formula is C16H17FN6OS. The number of ether oxygens (including phenoxy) is 1. The molecule has 0 aliphatic carbocycles. The summed E-state index contributed by atoms with van der Waals surface area (Å²) in [6, 6.07) is 2.00. The van der Waals surface area contributed by atoms with Gasteiger partial charge in [0.25, 0.3) is 0 Å². The third-order valence-corrected chi connectivity index (χ3v) is 4.82. The van der Waals surface area contributed by atoms with Crippen molar-refractivity contribution in [3.05, 3.63) is 52.2 Å². The lowest BCUT2D eigenvalue weighted by Crippen LogP contribution is -2.40. The van der Waals surface area contributed by atoms with E-state index in [9.17, 15) is 4.39 Å². The van der Waals surface area contributed by atoms with Gasteiger partial charge in [0.2, 0.25) is 5.95 Å². The predicted octanol–water partition coefficient (Wildman–Crippen LogP) is 2.36. The molecule has 1 aliphatic rings. The highest BCUT2D eigenvalue weighted by molar-refractivity contribution is 7.09. The van der Waals surface area contributed by atoms with Crippen molar-refractivity contribution in [2.24, 2.45) is 0 Å². The van der Waals surface area contributed by atoms with Crippen LogP contribution in [0.4, 0.5) is 10.3 Å². The molecule has 0 fully saturated rings. The van der Waals surface area contributed by atoms with Gasteiger partial charge in [0, 0.05) is 18.1 Å². The molecule has 0 saturated heterocycles. The van der Waals surface area contributed by atoms with Gasteiger partial charge >= 0.3 is 0 Å². The molecule has 0 amide bonds. The fraction of sp³-hybridized carbons (Fsp3) is 0.375. The van der Waals surface area contributed by atoms with Gasteiger partial charge in [-0.15, -0.1) is 11.3 Å². The van der Waals surface area contributed by atoms with Gasteiger partial charge in [-0.2, -0.15) is 5.10 Å². The largest absolute Gasteiger partial charge is 0.373 e. The molecule has 0 saturated carbocycles. The highest BCUT2D eigenvalue weighted by Gasteiger charge is 2.27. The zero-order chi connectivity index (χ0) is 17.2. The van der Waals surface area contributed by atoms with Crippen LogP contribution < -0.4 is 4.90 Å². The lowest BCUT2D eigenvalue weighted by molar-refractivity contribution is 0.0820. The molecule has 0 radical (unpaired) electrons. The van der Waals surface area contributed by atoms with E-state index < -0.39 is 5.82 Å². The molecule has 4 heterocycles. The van der Waals surface area contributed by atoms with Gasteiger partial charge in [-0.3, -0.25) is 4.68 Å². The van der Waals surface area contributed by atoms with Gasteiger partial charge in [0.15, 0.2) is 5.82 Å². The normalized spacial score (nSPS) is 16.9. The molecule has 4 rings (SSSR count). The van der Waals surface area contributed by atoms with Crippen molar-refractivity contribution in [3.63, 3.8) is 0 Å². The van der Waals surface area contributed by atoms with E-state index >= 15 is 0 Å². The Hall–Kier alpha value is -2.39. The highest BCUT2D eigenvalue weighted by Crippen LogP contribution is 2.24. The van der Waals surface area contributed by atoms with E-state index in [0.717, 1.165) is 16.4 Å². The number of fused-ring (bicyclic) bond motifs is 1. The van der Waals surface area contributed by atoms with Crippen LogP contribution in [0.3, 0.4) is 0 Å². The zero-order valence-corrected chi connectivity index (χ0v) is 14.5. The Kier molecular flexibility index (Phi) is 4.41. The molecule has 25 heavy (non-hydrogen) atoms. The van der Waals surface area contributed by atoms with E-state index in [4.69, 9.17) is 4.74 Å². The van der Waals surface area contributed by atoms with Crippen molar-refractivity contribution in [3.8, 4) is 0 Å². The van der Waals surface area contributed by atoms with Crippen LogP contribution in [-0.2, 0) is 17.9 Å². The predicted molar refractivity (Wildman–Crippen MR) is 90.8 cm³/mol. The molecule has 1 aliphatic heterocycles. The Labute approximate surface area is 148 Å². The van der Waals surface area contributed by atoms with Crippen LogP contribution in [0, 0.1) is 12.7 Å². The Morgan fingerprint density at radius 1 is 1.36 bits per heavy atom. The second-order valence-corrected chi connectivity index (χ2v) is 6.94. The monoisotopic (exact) mass is 360 g/mol. The second-order valence-electron chi connectivity index (χ2n) is 5.88. The average Bonchev–Trinajstić information content (AvgIpc) is 3.24. The van der Waals surface area contributed by atoms with Crippen LogP contribution in [0.2, 0.25) is 0 Å². The number of anilines is 1. The lowest BCUT2D eigenvalue weighted by atomic mass is 10.2. The van der Waals surface area contributed by atoms with Crippen molar-refractivity contribution >= 4 is 17.3 Å². The number of nitrogens with zero attached hydrogens (tertiary/aromatic N) is 6. The first-order chi connectivity index (χ1) is 12.2. The first-order valence-corrected chi connectivity index (χ1v) is 8.80. The fourth-order valence-electron chi connectivity index (χ4n) is 2.91. The molecule has 130 valence electrons. The van der Waals surface area contributed by atoms with Crippen molar-refractivity contribution in [1.29, 1.82) is 0 Å². The van der Waals surface area contributed by atoms with E-state index in [-0.39, 0.29) is 6.04 Å². The molecule has 0 bridgehead atoms. The summed E-state index contributed by atoms with van der Waals surface area (Å²) in [7, 11) is 0. The standard InChI is InChI=1S/C16H17FN6OS/c1-11-21-13(10-25-11)8-24-9-15-7-22(6-14-2-3-20-23(14)15)16-18-4-12(17)5-19-16/h2-5,10,15H,6-9H2,1H3. The Morgan fingerprint density at radius 3 is 2.96 bits per heavy atom. The molecule has 1 atom stereocenters. The van der Waals surface area contributed by atoms with Crippen LogP contribution in [-0.4, -0.2) is 37.9 Å². The highest BCUT2D eigenvalue weighted by atomic mass is 32.1. The number of rotatable bonds is 5. The maximum absolute atomic E-state index is 13.1. The van der Waals surface area contributed by atoms with Crippen LogP contribution in [0.5, 0.6) is 0 Å². The molecular weight excluding hydrogens is 343 g/mol. The number of thiazole rings is 1. The smallest absolute Gasteiger partial charge is 0.225 e. The minimum absolute atomic E-state index is 0.0344. The van der Waals surface area contributed by atoms with Gasteiger partial charge in [0.1, 0.15) is 0 Å². The topological polar surface area (TPSA) is 69.0 Å². The summed E-state index contributed by atoms with van der Waals surface area (Å²) < 4.78 is 20.9. The van der Waals surface area contributed by atoms with Crippen LogP contribution in [0.15, 0.2) is 30.0 Å². The quantitative estimate of drug-likeness (QED) is 0.696. The number of hydrogen-bond acceptors (Lipinski definition) is 7.